The number of esters is 1. The number of alkyl halides is 4. The normalized spacial score (nSPS) is 15.6. The third-order valence-corrected chi connectivity index (χ3v) is 6.13. The summed E-state index contributed by atoms with van der Waals surface area (Å²) in [6, 6.07) is 4.98. The molecule has 37 heavy (non-hydrogen) atoms. The molecule has 1 amide bonds. The average Bonchev–Trinajstić information content (AvgIpc) is 3.31. The molecule has 1 aliphatic rings. The molecule has 198 valence electrons. The molecule has 2 aromatic heterocycles. The van der Waals surface area contributed by atoms with Gasteiger partial charge in [0.1, 0.15) is 17.0 Å². The van der Waals surface area contributed by atoms with E-state index in [1.807, 2.05) is 0 Å². The molecule has 2 N–H and O–H groups in total. The summed E-state index contributed by atoms with van der Waals surface area (Å²) in [5, 5.41) is 0.255. The number of oxazole rings is 1. The second-order valence-electron chi connectivity index (χ2n) is 8.38. The summed E-state index contributed by atoms with van der Waals surface area (Å²) in [6.07, 6.45) is -5.14. The first-order valence-electron chi connectivity index (χ1n) is 11.4. The molecule has 13 heteroatoms. The fraction of sp³-hybridized carbons (Fsp3) is 0.417. The van der Waals surface area contributed by atoms with Gasteiger partial charge in [-0.15, -0.1) is 0 Å². The zero-order valence-corrected chi connectivity index (χ0v) is 20.0. The lowest BCUT2D eigenvalue weighted by atomic mass is 9.93. The highest BCUT2D eigenvalue weighted by Gasteiger charge is 2.44. The van der Waals surface area contributed by atoms with Crippen molar-refractivity contribution >= 4 is 22.8 Å². The van der Waals surface area contributed by atoms with Crippen LogP contribution in [0.2, 0.25) is 0 Å². The van der Waals surface area contributed by atoms with Gasteiger partial charge >= 0.3 is 12.1 Å². The Hall–Kier alpha value is -3.74. The zero-order chi connectivity index (χ0) is 27.0. The van der Waals surface area contributed by atoms with E-state index in [9.17, 15) is 27.2 Å². The van der Waals surface area contributed by atoms with Crippen LogP contribution in [0.5, 0.6) is 5.75 Å². The minimum absolute atomic E-state index is 0.0435. The van der Waals surface area contributed by atoms with Crippen molar-refractivity contribution in [3.05, 3.63) is 41.4 Å². The monoisotopic (exact) mass is 524 g/mol. The maximum absolute atomic E-state index is 14.9. The van der Waals surface area contributed by atoms with Crippen molar-refractivity contribution in [2.24, 2.45) is 5.73 Å². The number of nitrogens with two attached hydrogens (primary N) is 1. The van der Waals surface area contributed by atoms with E-state index >= 15 is 0 Å². The Labute approximate surface area is 208 Å². The largest absolute Gasteiger partial charge is 0.494 e. The van der Waals surface area contributed by atoms with Crippen molar-refractivity contribution in [2.45, 2.75) is 38.2 Å². The first-order valence-corrected chi connectivity index (χ1v) is 11.4. The van der Waals surface area contributed by atoms with Crippen molar-refractivity contribution in [2.75, 3.05) is 26.8 Å². The summed E-state index contributed by atoms with van der Waals surface area (Å²) in [5.74, 6) is -1.43. The van der Waals surface area contributed by atoms with E-state index in [1.165, 1.54) is 30.2 Å². The second kappa shape index (κ2) is 9.96. The lowest BCUT2D eigenvalue weighted by Gasteiger charge is -2.34. The fourth-order valence-corrected chi connectivity index (χ4v) is 4.15. The van der Waals surface area contributed by atoms with Crippen molar-refractivity contribution in [1.82, 2.24) is 14.9 Å². The summed E-state index contributed by atoms with van der Waals surface area (Å²) >= 11 is 0. The Kier molecular flexibility index (Phi) is 7.09. The van der Waals surface area contributed by atoms with Crippen LogP contribution in [0, 0.1) is 0 Å². The Morgan fingerprint density at radius 1 is 1.16 bits per heavy atom. The number of nitrogens with zero attached hydrogens (tertiary/aromatic N) is 3. The molecule has 0 spiro atoms. The van der Waals surface area contributed by atoms with Gasteiger partial charge in [-0.05, 0) is 31.2 Å². The molecular weight excluding hydrogens is 500 g/mol. The van der Waals surface area contributed by atoms with Crippen molar-refractivity contribution in [1.29, 1.82) is 0 Å². The molecule has 0 atom stereocenters. The zero-order valence-electron chi connectivity index (χ0n) is 20.0. The molecule has 1 aromatic carbocycles. The molecule has 0 unspecified atom stereocenters. The predicted molar refractivity (Wildman–Crippen MR) is 122 cm³/mol. The van der Waals surface area contributed by atoms with Gasteiger partial charge in [0.2, 0.25) is 11.6 Å². The quantitative estimate of drug-likeness (QED) is 0.381. The van der Waals surface area contributed by atoms with Gasteiger partial charge in [0, 0.05) is 36.9 Å². The molecule has 1 saturated heterocycles. The van der Waals surface area contributed by atoms with Gasteiger partial charge in [0.25, 0.3) is 5.91 Å². The second-order valence-corrected chi connectivity index (χ2v) is 8.38. The fourth-order valence-electron chi connectivity index (χ4n) is 4.15. The lowest BCUT2D eigenvalue weighted by molar-refractivity contribution is -0.160. The summed E-state index contributed by atoms with van der Waals surface area (Å²) in [7, 11) is 1.30. The number of amides is 1. The molecule has 1 fully saturated rings. The number of likely N-dealkylation sites (tertiary alicyclic amines) is 1. The number of ether oxygens (including phenoxy) is 2. The van der Waals surface area contributed by atoms with Crippen LogP contribution in [0.15, 0.2) is 28.7 Å². The Morgan fingerprint density at radius 3 is 2.46 bits per heavy atom. The SMILES string of the molecule is CCOC(=O)C1(F)CCN(C(=O)c2nc(-c3ccc(OC)c4nc(C(F)(F)F)ccc34)oc2CN)CC1. The van der Waals surface area contributed by atoms with Crippen LogP contribution in [-0.4, -0.2) is 59.2 Å². The Bertz CT molecular complexity index is 1330. The van der Waals surface area contributed by atoms with Gasteiger partial charge in [-0.25, -0.2) is 19.2 Å². The summed E-state index contributed by atoms with van der Waals surface area (Å²) < 4.78 is 70.3. The van der Waals surface area contributed by atoms with Crippen molar-refractivity contribution in [3.63, 3.8) is 0 Å². The van der Waals surface area contributed by atoms with E-state index in [4.69, 9.17) is 19.6 Å². The molecular formula is C24H24F4N4O5. The van der Waals surface area contributed by atoms with E-state index in [2.05, 4.69) is 9.97 Å². The number of methoxy groups -OCH3 is 1. The van der Waals surface area contributed by atoms with Crippen molar-refractivity contribution in [3.8, 4) is 17.2 Å². The molecule has 0 saturated carbocycles. The molecule has 9 nitrogen and oxygen atoms in total. The summed E-state index contributed by atoms with van der Waals surface area (Å²) in [5.41, 5.74) is 2.59. The first-order chi connectivity index (χ1) is 17.5. The van der Waals surface area contributed by atoms with E-state index in [0.717, 1.165) is 6.07 Å². The molecule has 0 radical (unpaired) electrons. The standard InChI is InChI=1S/C24H24F4N4O5/c1-3-36-22(34)23(25)8-10-32(11-9-23)21(33)19-16(12-29)37-20(31-19)14-4-6-15(35-2)18-13(14)5-7-17(30-18)24(26,27)28/h4-7H,3,8-12,29H2,1-2H3. The molecule has 4 rings (SSSR count). The van der Waals surface area contributed by atoms with Crippen LogP contribution in [0.4, 0.5) is 17.6 Å². The predicted octanol–water partition coefficient (Wildman–Crippen LogP) is 3.88. The highest BCUT2D eigenvalue weighted by atomic mass is 19.4. The minimum atomic E-state index is -4.66. The number of carbonyl (C=O) groups is 2. The Balaban J connectivity index is 1.67. The van der Waals surface area contributed by atoms with Gasteiger partial charge in [0.05, 0.1) is 20.3 Å². The van der Waals surface area contributed by atoms with E-state index in [0.29, 0.717) is 0 Å². The number of halogens is 4. The number of benzene rings is 1. The van der Waals surface area contributed by atoms with E-state index in [1.54, 1.807) is 6.92 Å². The average molecular weight is 524 g/mol. The molecule has 0 bridgehead atoms. The number of pyridine rings is 1. The van der Waals surface area contributed by atoms with Crippen LogP contribution < -0.4 is 10.5 Å². The number of rotatable bonds is 6. The smallest absolute Gasteiger partial charge is 0.433 e. The maximum atomic E-state index is 14.9. The highest BCUT2D eigenvalue weighted by Crippen LogP contribution is 2.37. The number of piperidine rings is 1. The van der Waals surface area contributed by atoms with E-state index < -0.39 is 29.4 Å². The number of hydrogen-bond donors (Lipinski definition) is 1. The molecule has 3 heterocycles. The van der Waals surface area contributed by atoms with Gasteiger partial charge in [-0.1, -0.05) is 0 Å². The number of fused-ring (bicyclic) bond motifs is 1. The topological polar surface area (TPSA) is 121 Å². The van der Waals surface area contributed by atoms with Crippen LogP contribution in [0.1, 0.15) is 41.7 Å². The number of aromatic nitrogens is 2. The van der Waals surface area contributed by atoms with Gasteiger partial charge in [-0.2, -0.15) is 13.2 Å². The van der Waals surface area contributed by atoms with Crippen LogP contribution >= 0.6 is 0 Å². The van der Waals surface area contributed by atoms with Crippen LogP contribution in [-0.2, 0) is 22.3 Å². The van der Waals surface area contributed by atoms with E-state index in [-0.39, 0.29) is 78.6 Å². The van der Waals surface area contributed by atoms with Crippen molar-refractivity contribution < 1.29 is 41.0 Å². The maximum Gasteiger partial charge on any atom is 0.433 e. The van der Waals surface area contributed by atoms with Gasteiger partial charge in [0.15, 0.2) is 11.5 Å². The lowest BCUT2D eigenvalue weighted by Crippen LogP contribution is -2.49. The van der Waals surface area contributed by atoms with Crippen LogP contribution in [0.25, 0.3) is 22.4 Å². The minimum Gasteiger partial charge on any atom is -0.494 e. The third kappa shape index (κ3) is 4.95. The van der Waals surface area contributed by atoms with Gasteiger partial charge in [-0.3, -0.25) is 4.79 Å². The van der Waals surface area contributed by atoms with Crippen LogP contribution in [0.3, 0.4) is 0 Å². The molecule has 1 aliphatic heterocycles. The number of carbonyl (C=O) groups excluding carboxylic acids is 2. The third-order valence-electron chi connectivity index (χ3n) is 6.13. The number of hydrogen-bond acceptors (Lipinski definition) is 8. The molecule has 3 aromatic rings. The highest BCUT2D eigenvalue weighted by molar-refractivity contribution is 5.98. The first kappa shape index (κ1) is 26.3. The molecule has 0 aliphatic carbocycles. The summed E-state index contributed by atoms with van der Waals surface area (Å²) in [6.45, 7) is 1.31. The summed E-state index contributed by atoms with van der Waals surface area (Å²) in [4.78, 5) is 34.5. The van der Waals surface area contributed by atoms with Gasteiger partial charge < -0.3 is 24.5 Å². The Morgan fingerprint density at radius 2 is 1.86 bits per heavy atom.